The average Bonchev–Trinajstić information content (AvgIpc) is 3.42. The minimum absolute atomic E-state index is 0.156. The predicted molar refractivity (Wildman–Crippen MR) is 154 cm³/mol. The van der Waals surface area contributed by atoms with E-state index < -0.39 is 29.6 Å². The van der Waals surface area contributed by atoms with E-state index in [0.717, 1.165) is 23.8 Å². The maximum atomic E-state index is 13.5. The zero-order chi connectivity index (χ0) is 30.3. The number of ether oxygens (including phenoxy) is 1. The van der Waals surface area contributed by atoms with Crippen LogP contribution in [-0.2, 0) is 28.6 Å². The summed E-state index contributed by atoms with van der Waals surface area (Å²) in [6.45, 7) is 1.97. The molecule has 8 nitrogen and oxygen atoms in total. The molecular weight excluding hydrogens is 547 g/mol. The maximum Gasteiger partial charge on any atom is 0.416 e. The molecule has 0 spiro atoms. The highest BCUT2D eigenvalue weighted by Crippen LogP contribution is 2.34. The van der Waals surface area contributed by atoms with Crippen LogP contribution in [0.4, 0.5) is 18.9 Å². The number of carbonyl (C=O) groups is 2. The number of benzene rings is 3. The van der Waals surface area contributed by atoms with E-state index in [1.807, 2.05) is 24.3 Å². The van der Waals surface area contributed by atoms with Gasteiger partial charge in [0, 0.05) is 12.2 Å². The molecule has 2 unspecified atom stereocenters. The molecule has 0 aromatic heterocycles. The van der Waals surface area contributed by atoms with Crippen LogP contribution in [0, 0.1) is 11.3 Å². The van der Waals surface area contributed by atoms with Crippen LogP contribution in [0.15, 0.2) is 72.8 Å². The number of anilines is 1. The molecule has 1 aliphatic heterocycles. The van der Waals surface area contributed by atoms with E-state index in [0.29, 0.717) is 23.6 Å². The smallest absolute Gasteiger partial charge is 0.416 e. The fraction of sp³-hybridized carbons (Fsp3) is 0.323. The fourth-order valence-electron chi connectivity index (χ4n) is 5.08. The Balaban J connectivity index is 1.43. The molecule has 2 atom stereocenters. The number of amides is 2. The molecule has 42 heavy (non-hydrogen) atoms. The Kier molecular flexibility index (Phi) is 9.84. The molecule has 0 bridgehead atoms. The van der Waals surface area contributed by atoms with Crippen molar-refractivity contribution in [2.24, 2.45) is 11.8 Å². The first-order valence-electron chi connectivity index (χ1n) is 13.7. The first-order valence-corrected chi connectivity index (χ1v) is 13.7. The lowest BCUT2D eigenvalue weighted by Gasteiger charge is -2.25. The first kappa shape index (κ1) is 30.6. The fourth-order valence-corrected chi connectivity index (χ4v) is 5.08. The van der Waals surface area contributed by atoms with Gasteiger partial charge in [-0.15, -0.1) is 0 Å². The second-order valence-corrected chi connectivity index (χ2v) is 10.3. The number of alkyl halides is 3. The lowest BCUT2D eigenvalue weighted by atomic mass is 9.94. The van der Waals surface area contributed by atoms with Crippen molar-refractivity contribution in [1.82, 2.24) is 9.91 Å². The Bertz CT molecular complexity index is 1380. The van der Waals surface area contributed by atoms with E-state index in [-0.39, 0.29) is 37.4 Å². The summed E-state index contributed by atoms with van der Waals surface area (Å²) in [4.78, 5) is 27.8. The molecule has 4 rings (SSSR count). The van der Waals surface area contributed by atoms with E-state index in [1.54, 1.807) is 30.3 Å². The zero-order valence-electron chi connectivity index (χ0n) is 23.2. The van der Waals surface area contributed by atoms with Crippen molar-refractivity contribution in [1.29, 1.82) is 5.41 Å². The third-order valence-corrected chi connectivity index (χ3v) is 7.33. The van der Waals surface area contributed by atoms with Crippen LogP contribution in [0.2, 0.25) is 0 Å². The van der Waals surface area contributed by atoms with E-state index >= 15 is 0 Å². The molecule has 1 saturated heterocycles. The van der Waals surface area contributed by atoms with Gasteiger partial charge < -0.3 is 15.0 Å². The van der Waals surface area contributed by atoms with E-state index in [2.05, 4.69) is 12.2 Å². The van der Waals surface area contributed by atoms with Gasteiger partial charge in [0.05, 0.1) is 11.9 Å². The average molecular weight is 582 g/mol. The van der Waals surface area contributed by atoms with E-state index in [9.17, 15) is 22.8 Å². The molecule has 3 aromatic rings. The quantitative estimate of drug-likeness (QED) is 0.118. The number of carbonyl (C=O) groups excluding carboxylic acids is 2. The topological polar surface area (TPSA) is 112 Å². The largest absolute Gasteiger partial charge is 0.457 e. The number of nitrogens with two attached hydrogens (primary N) is 1. The third kappa shape index (κ3) is 7.88. The summed E-state index contributed by atoms with van der Waals surface area (Å²) in [5, 5.41) is 11.0. The van der Waals surface area contributed by atoms with Gasteiger partial charge in [0.2, 0.25) is 11.8 Å². The highest BCUT2D eigenvalue weighted by atomic mass is 19.4. The molecule has 0 aliphatic carbocycles. The number of nitrogens with zero attached hydrogens (tertiary/aromatic N) is 2. The van der Waals surface area contributed by atoms with Crippen molar-refractivity contribution < 1.29 is 27.5 Å². The van der Waals surface area contributed by atoms with Gasteiger partial charge in [0.15, 0.2) is 0 Å². The van der Waals surface area contributed by atoms with Crippen LogP contribution in [0.25, 0.3) is 0 Å². The third-order valence-electron chi connectivity index (χ3n) is 7.33. The van der Waals surface area contributed by atoms with Crippen LogP contribution in [0.5, 0.6) is 11.5 Å². The van der Waals surface area contributed by atoms with Gasteiger partial charge in [-0.25, -0.2) is 5.84 Å². The SMILES string of the molecule is CCc1ccc(Oc2ccc(NC(=O)C3CC(CCc4ccccc4C(F)(F)F)CN3C(=O)CN(N)C=N)cc2)cc1. The zero-order valence-corrected chi connectivity index (χ0v) is 23.2. The van der Waals surface area contributed by atoms with Gasteiger partial charge in [0.1, 0.15) is 24.1 Å². The second kappa shape index (κ2) is 13.5. The number of aryl methyl sites for hydroxylation is 2. The molecule has 0 radical (unpaired) electrons. The first-order chi connectivity index (χ1) is 20.1. The molecule has 1 fully saturated rings. The minimum Gasteiger partial charge on any atom is -0.457 e. The molecular formula is C31H34F3N5O3. The Morgan fingerprint density at radius 1 is 1.07 bits per heavy atom. The lowest BCUT2D eigenvalue weighted by Crippen LogP contribution is -2.48. The standard InChI is InChI=1S/C31H34F3N5O3/c1-2-21-8-13-25(14-9-21)42-26-15-11-24(12-16-26)37-30(41)28-17-22(18-39(28)29(40)19-38(36)20-35)7-10-23-5-3-4-6-27(23)31(32,33)34/h3-6,8-9,11-16,20,22,28,35H,2,7,10,17-19,36H2,1H3,(H,37,41). The Morgan fingerprint density at radius 3 is 2.33 bits per heavy atom. The highest BCUT2D eigenvalue weighted by molar-refractivity contribution is 5.98. The number of halogens is 3. The predicted octanol–water partition coefficient (Wildman–Crippen LogP) is 5.63. The summed E-state index contributed by atoms with van der Waals surface area (Å²) in [5.74, 6) is 5.83. The minimum atomic E-state index is -4.46. The maximum absolute atomic E-state index is 13.5. The number of hydrogen-bond acceptors (Lipinski definition) is 5. The second-order valence-electron chi connectivity index (χ2n) is 10.3. The summed E-state index contributed by atoms with van der Waals surface area (Å²) >= 11 is 0. The molecule has 0 saturated carbocycles. The van der Waals surface area contributed by atoms with Crippen LogP contribution in [0.1, 0.15) is 36.5 Å². The summed E-state index contributed by atoms with van der Waals surface area (Å²) in [6.07, 6.45) is -1.93. The highest BCUT2D eigenvalue weighted by Gasteiger charge is 2.40. The van der Waals surface area contributed by atoms with E-state index in [1.165, 1.54) is 22.6 Å². The monoisotopic (exact) mass is 581 g/mol. The molecule has 3 aromatic carbocycles. The van der Waals surface area contributed by atoms with Crippen LogP contribution in [-0.4, -0.2) is 47.2 Å². The number of hydrazine groups is 1. The number of likely N-dealkylation sites (tertiary alicyclic amines) is 1. The van der Waals surface area contributed by atoms with Gasteiger partial charge in [-0.3, -0.25) is 20.0 Å². The summed E-state index contributed by atoms with van der Waals surface area (Å²) < 4.78 is 46.3. The van der Waals surface area contributed by atoms with Crippen molar-refractivity contribution in [3.63, 3.8) is 0 Å². The Labute approximate surface area is 242 Å². The van der Waals surface area contributed by atoms with Crippen molar-refractivity contribution in [3.8, 4) is 11.5 Å². The van der Waals surface area contributed by atoms with Crippen molar-refractivity contribution >= 4 is 23.8 Å². The Morgan fingerprint density at radius 2 is 1.71 bits per heavy atom. The molecule has 2 amide bonds. The summed E-state index contributed by atoms with van der Waals surface area (Å²) in [5.41, 5.74) is 1.20. The number of rotatable bonds is 11. The number of hydrogen-bond donors (Lipinski definition) is 3. The van der Waals surface area contributed by atoms with Crippen molar-refractivity contribution in [2.45, 2.75) is 44.8 Å². The van der Waals surface area contributed by atoms with Crippen molar-refractivity contribution in [2.75, 3.05) is 18.4 Å². The van der Waals surface area contributed by atoms with Crippen molar-refractivity contribution in [3.05, 3.63) is 89.5 Å². The normalized spacial score (nSPS) is 16.6. The number of nitrogens with one attached hydrogen (secondary N) is 2. The van der Waals surface area contributed by atoms with Gasteiger partial charge in [-0.1, -0.05) is 37.3 Å². The van der Waals surface area contributed by atoms with Gasteiger partial charge >= 0.3 is 6.18 Å². The Hall–Kier alpha value is -4.38. The van der Waals surface area contributed by atoms with E-state index in [4.69, 9.17) is 16.0 Å². The molecule has 1 heterocycles. The van der Waals surface area contributed by atoms with Gasteiger partial charge in [0.25, 0.3) is 0 Å². The summed E-state index contributed by atoms with van der Waals surface area (Å²) in [7, 11) is 0. The van der Waals surface area contributed by atoms with Crippen LogP contribution < -0.4 is 15.9 Å². The van der Waals surface area contributed by atoms with Crippen LogP contribution >= 0.6 is 0 Å². The van der Waals surface area contributed by atoms with Gasteiger partial charge in [-0.2, -0.15) is 13.2 Å². The summed E-state index contributed by atoms with van der Waals surface area (Å²) in [6, 6.07) is 19.2. The molecule has 11 heteroatoms. The lowest BCUT2D eigenvalue weighted by molar-refractivity contribution is -0.138. The molecule has 4 N–H and O–H groups in total. The molecule has 1 aliphatic rings. The van der Waals surface area contributed by atoms with Gasteiger partial charge in [-0.05, 0) is 85.2 Å². The molecule has 222 valence electrons. The van der Waals surface area contributed by atoms with Crippen LogP contribution in [0.3, 0.4) is 0 Å².